The van der Waals surface area contributed by atoms with E-state index in [4.69, 9.17) is 16.3 Å². The first-order chi connectivity index (χ1) is 8.59. The van der Waals surface area contributed by atoms with Crippen LogP contribution in [0, 0.1) is 0 Å². The highest BCUT2D eigenvalue weighted by Crippen LogP contribution is 2.15. The Morgan fingerprint density at radius 3 is 2.72 bits per heavy atom. The van der Waals surface area contributed by atoms with Crippen molar-refractivity contribution in [2.45, 2.75) is 13.0 Å². The van der Waals surface area contributed by atoms with Crippen molar-refractivity contribution in [3.05, 3.63) is 47.0 Å². The van der Waals surface area contributed by atoms with Gasteiger partial charge >= 0.3 is 0 Å². The lowest BCUT2D eigenvalue weighted by molar-refractivity contribution is 0.144. The molecule has 0 saturated carbocycles. The Kier molecular flexibility index (Phi) is 6.98. The summed E-state index contributed by atoms with van der Waals surface area (Å²) >= 11 is 5.78. The fourth-order valence-electron chi connectivity index (χ4n) is 1.43. The summed E-state index contributed by atoms with van der Waals surface area (Å²) in [5.74, 6) is 0. The number of benzene rings is 1. The van der Waals surface area contributed by atoms with Crippen LogP contribution in [-0.4, -0.2) is 31.4 Å². The van der Waals surface area contributed by atoms with Gasteiger partial charge in [0.05, 0.1) is 19.3 Å². The molecule has 18 heavy (non-hydrogen) atoms. The van der Waals surface area contributed by atoms with E-state index in [2.05, 4.69) is 11.9 Å². The molecule has 1 aromatic rings. The van der Waals surface area contributed by atoms with Crippen molar-refractivity contribution in [2.24, 2.45) is 0 Å². The SMILES string of the molecule is C=C(C)COCCNCC(O)c1ccc(Cl)cc1. The Labute approximate surface area is 113 Å². The number of ether oxygens (including phenoxy) is 1. The van der Waals surface area contributed by atoms with Crippen molar-refractivity contribution in [2.75, 3.05) is 26.3 Å². The van der Waals surface area contributed by atoms with Crippen molar-refractivity contribution in [3.63, 3.8) is 0 Å². The smallest absolute Gasteiger partial charge is 0.0914 e. The monoisotopic (exact) mass is 269 g/mol. The van der Waals surface area contributed by atoms with Gasteiger partial charge < -0.3 is 15.2 Å². The molecule has 0 heterocycles. The number of rotatable bonds is 8. The minimum absolute atomic E-state index is 0.498. The Balaban J connectivity index is 2.15. The Morgan fingerprint density at radius 1 is 1.44 bits per heavy atom. The molecule has 0 amide bonds. The van der Waals surface area contributed by atoms with E-state index in [1.807, 2.05) is 19.1 Å². The second-order valence-corrected chi connectivity index (χ2v) is 4.72. The Morgan fingerprint density at radius 2 is 2.11 bits per heavy atom. The molecular formula is C14H20ClNO2. The lowest BCUT2D eigenvalue weighted by Gasteiger charge is -2.12. The molecule has 0 spiro atoms. The van der Waals surface area contributed by atoms with E-state index in [0.29, 0.717) is 31.3 Å². The average Bonchev–Trinajstić information content (AvgIpc) is 2.34. The summed E-state index contributed by atoms with van der Waals surface area (Å²) < 4.78 is 5.34. The van der Waals surface area contributed by atoms with Crippen LogP contribution in [0.25, 0.3) is 0 Å². The zero-order valence-electron chi connectivity index (χ0n) is 10.7. The second kappa shape index (κ2) is 8.27. The summed E-state index contributed by atoms with van der Waals surface area (Å²) in [5, 5.41) is 13.7. The summed E-state index contributed by atoms with van der Waals surface area (Å²) in [4.78, 5) is 0. The maximum atomic E-state index is 9.90. The standard InChI is InChI=1S/C14H20ClNO2/c1-11(2)10-18-8-7-16-9-14(17)12-3-5-13(15)6-4-12/h3-6,14,16-17H,1,7-10H2,2H3. The van der Waals surface area contributed by atoms with E-state index in [1.165, 1.54) is 0 Å². The maximum absolute atomic E-state index is 9.90. The number of nitrogens with one attached hydrogen (secondary N) is 1. The van der Waals surface area contributed by atoms with Crippen LogP contribution < -0.4 is 5.32 Å². The molecular weight excluding hydrogens is 250 g/mol. The summed E-state index contributed by atoms with van der Waals surface area (Å²) in [5.41, 5.74) is 1.87. The van der Waals surface area contributed by atoms with Gasteiger partial charge in [-0.3, -0.25) is 0 Å². The predicted octanol–water partition coefficient (Wildman–Crippen LogP) is 2.56. The number of aliphatic hydroxyl groups excluding tert-OH is 1. The molecule has 0 bridgehead atoms. The Hall–Kier alpha value is -0.870. The van der Waals surface area contributed by atoms with Crippen LogP contribution in [0.3, 0.4) is 0 Å². The van der Waals surface area contributed by atoms with Gasteiger partial charge in [0.15, 0.2) is 0 Å². The number of halogens is 1. The van der Waals surface area contributed by atoms with E-state index >= 15 is 0 Å². The van der Waals surface area contributed by atoms with E-state index < -0.39 is 6.10 Å². The molecule has 0 saturated heterocycles. The molecule has 0 fully saturated rings. The van der Waals surface area contributed by atoms with Crippen molar-refractivity contribution in [1.29, 1.82) is 0 Å². The van der Waals surface area contributed by atoms with Gasteiger partial charge in [-0.1, -0.05) is 35.9 Å². The molecule has 1 aromatic carbocycles. The summed E-state index contributed by atoms with van der Waals surface area (Å²) in [6.07, 6.45) is -0.525. The molecule has 1 rings (SSSR count). The molecule has 0 radical (unpaired) electrons. The third-order valence-corrected chi connectivity index (χ3v) is 2.62. The van der Waals surface area contributed by atoms with Crippen LogP contribution in [0.4, 0.5) is 0 Å². The van der Waals surface area contributed by atoms with Gasteiger partial charge in [-0.05, 0) is 24.6 Å². The number of aliphatic hydroxyl groups is 1. The van der Waals surface area contributed by atoms with Crippen LogP contribution in [0.5, 0.6) is 0 Å². The first-order valence-electron chi connectivity index (χ1n) is 5.96. The molecule has 0 aliphatic rings. The third-order valence-electron chi connectivity index (χ3n) is 2.36. The van der Waals surface area contributed by atoms with Crippen LogP contribution >= 0.6 is 11.6 Å². The summed E-state index contributed by atoms with van der Waals surface area (Å²) in [6.45, 7) is 8.08. The quantitative estimate of drug-likeness (QED) is 0.563. The van der Waals surface area contributed by atoms with Crippen molar-refractivity contribution >= 4 is 11.6 Å². The first kappa shape index (κ1) is 15.2. The Bertz CT molecular complexity index is 365. The van der Waals surface area contributed by atoms with Gasteiger partial charge in [-0.2, -0.15) is 0 Å². The van der Waals surface area contributed by atoms with Gasteiger partial charge in [0.2, 0.25) is 0 Å². The fraction of sp³-hybridized carbons (Fsp3) is 0.429. The minimum Gasteiger partial charge on any atom is -0.387 e. The molecule has 0 aliphatic carbocycles. The first-order valence-corrected chi connectivity index (χ1v) is 6.34. The van der Waals surface area contributed by atoms with Gasteiger partial charge in [0, 0.05) is 18.1 Å². The van der Waals surface area contributed by atoms with Crippen molar-refractivity contribution in [3.8, 4) is 0 Å². The molecule has 1 unspecified atom stereocenters. The van der Waals surface area contributed by atoms with Crippen molar-refractivity contribution in [1.82, 2.24) is 5.32 Å². The number of hydrogen-bond acceptors (Lipinski definition) is 3. The van der Waals surface area contributed by atoms with E-state index in [0.717, 1.165) is 11.1 Å². The van der Waals surface area contributed by atoms with Gasteiger partial charge in [-0.25, -0.2) is 0 Å². The average molecular weight is 270 g/mol. The zero-order valence-corrected chi connectivity index (χ0v) is 11.4. The minimum atomic E-state index is -0.525. The lowest BCUT2D eigenvalue weighted by Crippen LogP contribution is -2.25. The highest BCUT2D eigenvalue weighted by Gasteiger charge is 2.06. The highest BCUT2D eigenvalue weighted by molar-refractivity contribution is 6.30. The predicted molar refractivity (Wildman–Crippen MR) is 74.9 cm³/mol. The van der Waals surface area contributed by atoms with Crippen molar-refractivity contribution < 1.29 is 9.84 Å². The van der Waals surface area contributed by atoms with E-state index in [9.17, 15) is 5.11 Å². The second-order valence-electron chi connectivity index (χ2n) is 4.28. The molecule has 100 valence electrons. The third kappa shape index (κ3) is 6.17. The maximum Gasteiger partial charge on any atom is 0.0914 e. The normalized spacial score (nSPS) is 12.4. The zero-order chi connectivity index (χ0) is 13.4. The molecule has 0 aliphatic heterocycles. The van der Waals surface area contributed by atoms with Crippen LogP contribution in [0.1, 0.15) is 18.6 Å². The molecule has 4 heteroatoms. The van der Waals surface area contributed by atoms with Crippen LogP contribution in [0.2, 0.25) is 5.02 Å². The topological polar surface area (TPSA) is 41.5 Å². The molecule has 0 aromatic heterocycles. The highest BCUT2D eigenvalue weighted by atomic mass is 35.5. The van der Waals surface area contributed by atoms with Crippen LogP contribution in [0.15, 0.2) is 36.4 Å². The van der Waals surface area contributed by atoms with Gasteiger partial charge in [-0.15, -0.1) is 0 Å². The van der Waals surface area contributed by atoms with Gasteiger partial charge in [0.25, 0.3) is 0 Å². The molecule has 2 N–H and O–H groups in total. The van der Waals surface area contributed by atoms with E-state index in [1.54, 1.807) is 12.1 Å². The lowest BCUT2D eigenvalue weighted by atomic mass is 10.1. The largest absolute Gasteiger partial charge is 0.387 e. The van der Waals surface area contributed by atoms with Gasteiger partial charge in [0.1, 0.15) is 0 Å². The molecule has 3 nitrogen and oxygen atoms in total. The number of hydrogen-bond donors (Lipinski definition) is 2. The summed E-state index contributed by atoms with van der Waals surface area (Å²) in [6, 6.07) is 7.20. The fourth-order valence-corrected chi connectivity index (χ4v) is 1.56. The van der Waals surface area contributed by atoms with Crippen LogP contribution in [-0.2, 0) is 4.74 Å². The van der Waals surface area contributed by atoms with E-state index in [-0.39, 0.29) is 0 Å². The summed E-state index contributed by atoms with van der Waals surface area (Å²) in [7, 11) is 0. The molecule has 1 atom stereocenters.